The monoisotopic (exact) mass is 300 g/mol. The smallest absolute Gasteiger partial charge is 0.128 e. The summed E-state index contributed by atoms with van der Waals surface area (Å²) < 4.78 is 13.0. The first kappa shape index (κ1) is 15.0. The maximum Gasteiger partial charge on any atom is 0.128 e. The molecular weight excluding hydrogens is 279 g/mol. The molecule has 1 aromatic heterocycles. The fourth-order valence-electron chi connectivity index (χ4n) is 3.08. The summed E-state index contributed by atoms with van der Waals surface area (Å²) in [6.07, 6.45) is 1.30. The normalized spacial score (nSPS) is 17.5. The zero-order valence-corrected chi connectivity index (χ0v) is 12.7. The second-order valence-corrected chi connectivity index (χ2v) is 5.96. The molecule has 2 aromatic rings. The first-order valence-electron chi connectivity index (χ1n) is 7.75. The molecule has 1 fully saturated rings. The van der Waals surface area contributed by atoms with Gasteiger partial charge in [-0.25, -0.2) is 9.37 Å². The molecule has 1 unspecified atom stereocenters. The van der Waals surface area contributed by atoms with E-state index in [4.69, 9.17) is 0 Å². The van der Waals surface area contributed by atoms with Crippen molar-refractivity contribution < 1.29 is 9.50 Å². The van der Waals surface area contributed by atoms with Crippen LogP contribution in [0.5, 0.6) is 0 Å². The third-order valence-electron chi connectivity index (χ3n) is 4.40. The van der Waals surface area contributed by atoms with E-state index in [-0.39, 0.29) is 11.7 Å². The van der Waals surface area contributed by atoms with Gasteiger partial charge in [0.2, 0.25) is 0 Å². The minimum atomic E-state index is -0.520. The molecule has 116 valence electrons. The number of hydrogen-bond donors (Lipinski definition) is 1. The Kier molecular flexibility index (Phi) is 4.39. The number of aromatic nitrogens is 1. The number of benzene rings is 1. The molecule has 1 aliphatic rings. The summed E-state index contributed by atoms with van der Waals surface area (Å²) in [4.78, 5) is 6.82. The summed E-state index contributed by atoms with van der Waals surface area (Å²) in [6.45, 7) is 3.77. The van der Waals surface area contributed by atoms with Gasteiger partial charge in [-0.05, 0) is 55.5 Å². The molecule has 1 N–H and O–H groups in total. The van der Waals surface area contributed by atoms with Crippen molar-refractivity contribution in [3.63, 3.8) is 0 Å². The van der Waals surface area contributed by atoms with Crippen LogP contribution in [0.25, 0.3) is 0 Å². The van der Waals surface area contributed by atoms with Crippen LogP contribution < -0.4 is 4.90 Å². The predicted octanol–water partition coefficient (Wildman–Crippen LogP) is 3.48. The molecule has 2 heterocycles. The number of aliphatic hydroxyl groups is 1. The van der Waals surface area contributed by atoms with Crippen LogP contribution in [0.1, 0.15) is 30.2 Å². The van der Waals surface area contributed by atoms with Crippen LogP contribution in [0.4, 0.5) is 10.2 Å². The molecule has 1 saturated heterocycles. The van der Waals surface area contributed by atoms with E-state index in [1.54, 1.807) is 12.1 Å². The van der Waals surface area contributed by atoms with Crippen molar-refractivity contribution in [3.05, 3.63) is 59.5 Å². The molecule has 0 amide bonds. The number of rotatable bonds is 3. The van der Waals surface area contributed by atoms with E-state index in [0.717, 1.165) is 43.0 Å². The van der Waals surface area contributed by atoms with Crippen molar-refractivity contribution >= 4 is 5.82 Å². The first-order chi connectivity index (χ1) is 10.6. The second kappa shape index (κ2) is 6.44. The van der Waals surface area contributed by atoms with Gasteiger partial charge in [0.1, 0.15) is 11.6 Å². The van der Waals surface area contributed by atoms with E-state index in [0.29, 0.717) is 0 Å². The second-order valence-electron chi connectivity index (χ2n) is 5.96. The Morgan fingerprint density at radius 1 is 1.14 bits per heavy atom. The molecule has 0 bridgehead atoms. The van der Waals surface area contributed by atoms with Crippen molar-refractivity contribution in [2.45, 2.75) is 25.9 Å². The molecular formula is C18H21FN2O. The maximum absolute atomic E-state index is 13.0. The number of hydrogen-bond acceptors (Lipinski definition) is 3. The fraction of sp³-hybridized carbons (Fsp3) is 0.389. The molecule has 22 heavy (non-hydrogen) atoms. The van der Waals surface area contributed by atoms with Crippen molar-refractivity contribution in [1.82, 2.24) is 4.98 Å². The average Bonchev–Trinajstić information content (AvgIpc) is 2.55. The van der Waals surface area contributed by atoms with Crippen LogP contribution >= 0.6 is 0 Å². The molecule has 3 nitrogen and oxygen atoms in total. The minimum Gasteiger partial charge on any atom is -0.388 e. The van der Waals surface area contributed by atoms with E-state index in [1.165, 1.54) is 12.1 Å². The summed E-state index contributed by atoms with van der Waals surface area (Å²) in [6, 6.07) is 12.2. The van der Waals surface area contributed by atoms with E-state index in [2.05, 4.69) is 9.88 Å². The van der Waals surface area contributed by atoms with Gasteiger partial charge in [-0.2, -0.15) is 0 Å². The van der Waals surface area contributed by atoms with Gasteiger partial charge in [0.25, 0.3) is 0 Å². The largest absolute Gasteiger partial charge is 0.388 e. The molecule has 0 radical (unpaired) electrons. The molecule has 1 aliphatic heterocycles. The highest BCUT2D eigenvalue weighted by Crippen LogP contribution is 2.32. The third-order valence-corrected chi connectivity index (χ3v) is 4.40. The van der Waals surface area contributed by atoms with Crippen molar-refractivity contribution in [2.24, 2.45) is 5.92 Å². The number of piperidine rings is 1. The summed E-state index contributed by atoms with van der Waals surface area (Å²) in [5.41, 5.74) is 1.82. The zero-order valence-electron chi connectivity index (χ0n) is 12.7. The van der Waals surface area contributed by atoms with E-state index in [9.17, 15) is 9.50 Å². The molecule has 0 saturated carbocycles. The van der Waals surface area contributed by atoms with E-state index < -0.39 is 6.10 Å². The van der Waals surface area contributed by atoms with Gasteiger partial charge in [0.15, 0.2) is 0 Å². The third kappa shape index (κ3) is 3.28. The average molecular weight is 300 g/mol. The lowest BCUT2D eigenvalue weighted by Crippen LogP contribution is -2.36. The van der Waals surface area contributed by atoms with Crippen LogP contribution in [0.2, 0.25) is 0 Å². The summed E-state index contributed by atoms with van der Waals surface area (Å²) >= 11 is 0. The number of nitrogens with zero attached hydrogens (tertiary/aromatic N) is 2. The molecule has 0 spiro atoms. The predicted molar refractivity (Wildman–Crippen MR) is 85.3 cm³/mol. The minimum absolute atomic E-state index is 0.214. The number of halogens is 1. The van der Waals surface area contributed by atoms with Gasteiger partial charge >= 0.3 is 0 Å². The lowest BCUT2D eigenvalue weighted by Gasteiger charge is -2.35. The summed E-state index contributed by atoms with van der Waals surface area (Å²) in [7, 11) is 0. The topological polar surface area (TPSA) is 36.4 Å². The Balaban J connectivity index is 1.62. The quantitative estimate of drug-likeness (QED) is 0.943. The van der Waals surface area contributed by atoms with E-state index in [1.807, 2.05) is 25.1 Å². The van der Waals surface area contributed by atoms with Gasteiger partial charge in [-0.1, -0.05) is 18.2 Å². The van der Waals surface area contributed by atoms with Gasteiger partial charge in [-0.3, -0.25) is 0 Å². The summed E-state index contributed by atoms with van der Waals surface area (Å²) in [5, 5.41) is 10.5. The van der Waals surface area contributed by atoms with Crippen LogP contribution in [0.3, 0.4) is 0 Å². The van der Waals surface area contributed by atoms with Gasteiger partial charge in [-0.15, -0.1) is 0 Å². The van der Waals surface area contributed by atoms with Gasteiger partial charge in [0, 0.05) is 18.8 Å². The fourth-order valence-corrected chi connectivity index (χ4v) is 3.08. The maximum atomic E-state index is 13.0. The van der Waals surface area contributed by atoms with Crippen molar-refractivity contribution in [3.8, 4) is 0 Å². The number of aryl methyl sites for hydroxylation is 1. The highest BCUT2D eigenvalue weighted by Gasteiger charge is 2.26. The lowest BCUT2D eigenvalue weighted by atomic mass is 9.87. The Morgan fingerprint density at radius 2 is 1.82 bits per heavy atom. The van der Waals surface area contributed by atoms with E-state index >= 15 is 0 Å². The Hall–Kier alpha value is -1.94. The first-order valence-corrected chi connectivity index (χ1v) is 7.75. The van der Waals surface area contributed by atoms with Crippen molar-refractivity contribution in [1.29, 1.82) is 0 Å². The van der Waals surface area contributed by atoms with Crippen LogP contribution in [-0.2, 0) is 0 Å². The van der Waals surface area contributed by atoms with Crippen LogP contribution in [0, 0.1) is 18.7 Å². The highest BCUT2D eigenvalue weighted by atomic mass is 19.1. The molecule has 3 rings (SSSR count). The Bertz CT molecular complexity index is 621. The molecule has 0 aliphatic carbocycles. The number of anilines is 1. The zero-order chi connectivity index (χ0) is 15.5. The van der Waals surface area contributed by atoms with Gasteiger partial charge in [0.05, 0.1) is 6.10 Å². The van der Waals surface area contributed by atoms with Crippen molar-refractivity contribution in [2.75, 3.05) is 18.0 Å². The SMILES string of the molecule is Cc1cccc(N2CCC(C(O)c3ccc(F)cc3)CC2)n1. The highest BCUT2D eigenvalue weighted by molar-refractivity contribution is 5.39. The lowest BCUT2D eigenvalue weighted by molar-refractivity contribution is 0.0928. The molecule has 4 heteroatoms. The van der Waals surface area contributed by atoms with Crippen LogP contribution in [-0.4, -0.2) is 23.2 Å². The summed E-state index contributed by atoms with van der Waals surface area (Å²) in [5.74, 6) is 0.956. The molecule has 1 atom stereocenters. The number of pyridine rings is 1. The standard InChI is InChI=1S/C18H21FN2O/c1-13-3-2-4-17(20-13)21-11-9-15(10-12-21)18(22)14-5-7-16(19)8-6-14/h2-8,15,18,22H,9-12H2,1H3. The number of aliphatic hydroxyl groups excluding tert-OH is 1. The van der Waals surface area contributed by atoms with Gasteiger partial charge < -0.3 is 10.0 Å². The van der Waals surface area contributed by atoms with Crippen LogP contribution in [0.15, 0.2) is 42.5 Å². The Labute approximate surface area is 130 Å². The molecule has 1 aromatic carbocycles. The Morgan fingerprint density at radius 3 is 2.45 bits per heavy atom.